The molecule has 0 aliphatic carbocycles. The molecule has 1 atom stereocenters. The number of carbonyl (C=O) groups is 2. The van der Waals surface area contributed by atoms with Crippen molar-refractivity contribution in [1.82, 2.24) is 20.1 Å². The molecule has 0 aromatic carbocycles. The Bertz CT molecular complexity index is 621. The molecule has 0 bridgehead atoms. The van der Waals surface area contributed by atoms with Gasteiger partial charge in [-0.1, -0.05) is 0 Å². The van der Waals surface area contributed by atoms with E-state index >= 15 is 0 Å². The maximum Gasteiger partial charge on any atom is 0.250 e. The normalized spacial score (nSPS) is 21.7. The van der Waals surface area contributed by atoms with Crippen LogP contribution >= 0.6 is 0 Å². The number of nitrogens with one attached hydrogen (secondary N) is 1. The van der Waals surface area contributed by atoms with E-state index in [-0.39, 0.29) is 49.2 Å². The van der Waals surface area contributed by atoms with Gasteiger partial charge in [0.15, 0.2) is 5.82 Å². The van der Waals surface area contributed by atoms with Gasteiger partial charge in [-0.2, -0.15) is 0 Å². The van der Waals surface area contributed by atoms with Gasteiger partial charge in [-0.15, -0.1) is 0 Å². The van der Waals surface area contributed by atoms with Crippen LogP contribution in [0.25, 0.3) is 0 Å². The van der Waals surface area contributed by atoms with Crippen molar-refractivity contribution in [2.45, 2.75) is 12.5 Å². The lowest BCUT2D eigenvalue weighted by atomic mass is 10.1. The van der Waals surface area contributed by atoms with Gasteiger partial charge in [0.1, 0.15) is 6.61 Å². The zero-order valence-electron chi connectivity index (χ0n) is 13.6. The predicted octanol–water partition coefficient (Wildman–Crippen LogP) is -0.122. The van der Waals surface area contributed by atoms with Gasteiger partial charge in [-0.3, -0.25) is 9.59 Å². The Balaban J connectivity index is 1.39. The van der Waals surface area contributed by atoms with E-state index < -0.39 is 5.82 Å². The van der Waals surface area contributed by atoms with Crippen LogP contribution in [0, 0.1) is 11.7 Å². The molecule has 8 heteroatoms. The van der Waals surface area contributed by atoms with Gasteiger partial charge in [0.2, 0.25) is 17.7 Å². The minimum absolute atomic E-state index is 0.0417. The molecule has 1 unspecified atom stereocenters. The van der Waals surface area contributed by atoms with Gasteiger partial charge < -0.3 is 19.9 Å². The number of pyridine rings is 1. The van der Waals surface area contributed by atoms with Crippen molar-refractivity contribution in [3.8, 4) is 5.88 Å². The van der Waals surface area contributed by atoms with Crippen molar-refractivity contribution < 1.29 is 18.7 Å². The van der Waals surface area contributed by atoms with E-state index in [1.807, 2.05) is 11.9 Å². The second kappa shape index (κ2) is 7.12. The summed E-state index contributed by atoms with van der Waals surface area (Å²) in [7, 11) is 2.01. The van der Waals surface area contributed by atoms with Crippen LogP contribution in [-0.2, 0) is 9.59 Å². The van der Waals surface area contributed by atoms with Crippen LogP contribution in [0.15, 0.2) is 18.3 Å². The summed E-state index contributed by atoms with van der Waals surface area (Å²) in [5, 5.41) is 2.74. The molecule has 2 aliphatic rings. The molecule has 0 radical (unpaired) electrons. The van der Waals surface area contributed by atoms with E-state index in [0.717, 1.165) is 13.1 Å². The standard InChI is InChI=1S/C16H21FN4O3/c1-20-9-12(10-20)21-8-11(7-14(21)22)15(23)18-5-6-24-16-13(17)3-2-4-19-16/h2-4,11-12H,5-10H2,1H3,(H,18,23). The lowest BCUT2D eigenvalue weighted by molar-refractivity contribution is -0.132. The Labute approximate surface area is 139 Å². The van der Waals surface area contributed by atoms with Crippen LogP contribution in [0.5, 0.6) is 5.88 Å². The SMILES string of the molecule is CN1CC(N2CC(C(=O)NCCOc3ncccc3F)CC2=O)C1. The molecule has 1 aromatic rings. The van der Waals surface area contributed by atoms with Crippen molar-refractivity contribution in [3.05, 3.63) is 24.1 Å². The van der Waals surface area contributed by atoms with Crippen LogP contribution in [0.1, 0.15) is 6.42 Å². The van der Waals surface area contributed by atoms with Gasteiger partial charge in [0.05, 0.1) is 18.5 Å². The number of nitrogens with zero attached hydrogens (tertiary/aromatic N) is 3. The van der Waals surface area contributed by atoms with Crippen molar-refractivity contribution >= 4 is 11.8 Å². The fourth-order valence-electron chi connectivity index (χ4n) is 3.07. The first-order valence-electron chi connectivity index (χ1n) is 8.03. The van der Waals surface area contributed by atoms with Gasteiger partial charge in [-0.25, -0.2) is 9.37 Å². The predicted molar refractivity (Wildman–Crippen MR) is 83.8 cm³/mol. The number of amides is 2. The average molecular weight is 336 g/mol. The Hall–Kier alpha value is -2.22. The highest BCUT2D eigenvalue weighted by Gasteiger charge is 2.41. The topological polar surface area (TPSA) is 74.8 Å². The van der Waals surface area contributed by atoms with Crippen molar-refractivity contribution in [2.24, 2.45) is 5.92 Å². The minimum atomic E-state index is -0.536. The van der Waals surface area contributed by atoms with Crippen LogP contribution in [0.2, 0.25) is 0 Å². The summed E-state index contributed by atoms with van der Waals surface area (Å²) in [6.45, 7) is 2.56. The van der Waals surface area contributed by atoms with E-state index in [0.29, 0.717) is 6.54 Å². The van der Waals surface area contributed by atoms with E-state index in [4.69, 9.17) is 4.74 Å². The summed E-state index contributed by atoms with van der Waals surface area (Å²) in [6.07, 6.45) is 1.69. The van der Waals surface area contributed by atoms with Crippen LogP contribution in [0.3, 0.4) is 0 Å². The number of carbonyl (C=O) groups excluding carboxylic acids is 2. The molecule has 2 saturated heterocycles. The molecule has 3 heterocycles. The van der Waals surface area contributed by atoms with Crippen LogP contribution in [0.4, 0.5) is 4.39 Å². The first-order chi connectivity index (χ1) is 11.5. The molecular formula is C16H21FN4O3. The van der Waals surface area contributed by atoms with E-state index in [1.165, 1.54) is 18.3 Å². The van der Waals surface area contributed by atoms with Gasteiger partial charge in [0, 0.05) is 32.3 Å². The number of halogens is 1. The molecule has 3 rings (SSSR count). The third-order valence-corrected chi connectivity index (χ3v) is 4.38. The van der Waals surface area contributed by atoms with Crippen molar-refractivity contribution in [2.75, 3.05) is 39.8 Å². The summed E-state index contributed by atoms with van der Waals surface area (Å²) in [6, 6.07) is 2.97. The zero-order chi connectivity index (χ0) is 17.1. The summed E-state index contributed by atoms with van der Waals surface area (Å²) in [4.78, 5) is 31.9. The lowest BCUT2D eigenvalue weighted by Crippen LogP contribution is -2.58. The molecule has 2 fully saturated rings. The number of likely N-dealkylation sites (N-methyl/N-ethyl adjacent to an activating group) is 1. The Kier molecular flexibility index (Phi) is 4.94. The highest BCUT2D eigenvalue weighted by Crippen LogP contribution is 2.24. The van der Waals surface area contributed by atoms with Gasteiger partial charge in [0.25, 0.3) is 0 Å². The Morgan fingerprint density at radius 3 is 2.96 bits per heavy atom. The first-order valence-corrected chi connectivity index (χ1v) is 8.03. The number of ether oxygens (including phenoxy) is 1. The second-order valence-corrected chi connectivity index (χ2v) is 6.25. The largest absolute Gasteiger partial charge is 0.474 e. The molecule has 24 heavy (non-hydrogen) atoms. The van der Waals surface area contributed by atoms with Crippen LogP contribution < -0.4 is 10.1 Å². The zero-order valence-corrected chi connectivity index (χ0v) is 13.6. The van der Waals surface area contributed by atoms with Crippen molar-refractivity contribution in [1.29, 1.82) is 0 Å². The smallest absolute Gasteiger partial charge is 0.250 e. The maximum absolute atomic E-state index is 13.3. The van der Waals surface area contributed by atoms with E-state index in [1.54, 1.807) is 0 Å². The fourth-order valence-corrected chi connectivity index (χ4v) is 3.07. The van der Waals surface area contributed by atoms with Crippen LogP contribution in [-0.4, -0.2) is 72.5 Å². The van der Waals surface area contributed by atoms with E-state index in [9.17, 15) is 14.0 Å². The van der Waals surface area contributed by atoms with E-state index in [2.05, 4.69) is 15.2 Å². The molecule has 130 valence electrons. The number of likely N-dealkylation sites (tertiary alicyclic amines) is 2. The molecule has 7 nitrogen and oxygen atoms in total. The molecule has 0 saturated carbocycles. The first kappa shape index (κ1) is 16.6. The maximum atomic E-state index is 13.3. The Morgan fingerprint density at radius 2 is 2.25 bits per heavy atom. The monoisotopic (exact) mass is 336 g/mol. The Morgan fingerprint density at radius 1 is 1.46 bits per heavy atom. The average Bonchev–Trinajstić information content (AvgIpc) is 2.91. The summed E-state index contributed by atoms with van der Waals surface area (Å²) < 4.78 is 18.5. The molecule has 0 spiro atoms. The highest BCUT2D eigenvalue weighted by molar-refractivity contribution is 5.89. The second-order valence-electron chi connectivity index (χ2n) is 6.25. The highest BCUT2D eigenvalue weighted by atomic mass is 19.1. The van der Waals surface area contributed by atoms with Gasteiger partial charge in [-0.05, 0) is 19.2 Å². The van der Waals surface area contributed by atoms with Crippen molar-refractivity contribution in [3.63, 3.8) is 0 Å². The number of hydrogen-bond donors (Lipinski definition) is 1. The fraction of sp³-hybridized carbons (Fsp3) is 0.562. The summed E-state index contributed by atoms with van der Waals surface area (Å²) in [5.74, 6) is -1.06. The quantitative estimate of drug-likeness (QED) is 0.733. The number of aromatic nitrogens is 1. The molecule has 2 aliphatic heterocycles. The lowest BCUT2D eigenvalue weighted by Gasteiger charge is -2.42. The van der Waals surface area contributed by atoms with Gasteiger partial charge >= 0.3 is 0 Å². The summed E-state index contributed by atoms with van der Waals surface area (Å²) in [5.41, 5.74) is 0. The molecule has 1 aromatic heterocycles. The number of hydrogen-bond acceptors (Lipinski definition) is 5. The minimum Gasteiger partial charge on any atom is -0.474 e. The molecule has 1 N–H and O–H groups in total. The third-order valence-electron chi connectivity index (χ3n) is 4.38. The molecular weight excluding hydrogens is 315 g/mol. The number of rotatable bonds is 6. The third kappa shape index (κ3) is 3.64. The summed E-state index contributed by atoms with van der Waals surface area (Å²) >= 11 is 0. The molecule has 2 amide bonds.